The Morgan fingerprint density at radius 3 is 2.51 bits per heavy atom. The molecule has 0 bridgehead atoms. The number of nitrogens with zero attached hydrogens (tertiary/aromatic N) is 1. The quantitative estimate of drug-likeness (QED) is 0.288. The Balaban J connectivity index is 1.11. The van der Waals surface area contributed by atoms with Crippen molar-refractivity contribution in [1.29, 1.82) is 0 Å². The molecule has 39 heavy (non-hydrogen) atoms. The van der Waals surface area contributed by atoms with Gasteiger partial charge in [0.2, 0.25) is 0 Å². The van der Waals surface area contributed by atoms with Crippen molar-refractivity contribution in [2.45, 2.75) is 63.2 Å². The third-order valence-corrected chi connectivity index (χ3v) is 7.85. The summed E-state index contributed by atoms with van der Waals surface area (Å²) in [4.78, 5) is 29.2. The van der Waals surface area contributed by atoms with Crippen LogP contribution in [0.15, 0.2) is 42.7 Å². The lowest BCUT2D eigenvalue weighted by Gasteiger charge is -2.57. The minimum Gasteiger partial charge on any atom is -0.490 e. The highest BCUT2D eigenvalue weighted by molar-refractivity contribution is 6.18. The van der Waals surface area contributed by atoms with Gasteiger partial charge in [0.05, 0.1) is 34.7 Å². The zero-order valence-electron chi connectivity index (χ0n) is 22.4. The molecular weight excluding hydrogens is 498 g/mol. The number of benzene rings is 1. The van der Waals surface area contributed by atoms with Gasteiger partial charge >= 0.3 is 0 Å². The van der Waals surface area contributed by atoms with Gasteiger partial charge in [-0.3, -0.25) is 14.6 Å². The molecule has 2 aliphatic carbocycles. The maximum Gasteiger partial charge on any atom is 0.255 e. The normalized spacial score (nSPS) is 24.7. The van der Waals surface area contributed by atoms with Crippen molar-refractivity contribution in [2.24, 2.45) is 16.9 Å². The van der Waals surface area contributed by atoms with Crippen LogP contribution in [-0.4, -0.2) is 59.3 Å². The summed E-state index contributed by atoms with van der Waals surface area (Å²) in [5, 5.41) is 16.1. The molecule has 0 unspecified atom stereocenters. The van der Waals surface area contributed by atoms with Gasteiger partial charge in [0.15, 0.2) is 0 Å². The second-order valence-electron chi connectivity index (χ2n) is 11.8. The Morgan fingerprint density at radius 1 is 1.21 bits per heavy atom. The first-order chi connectivity index (χ1) is 18.5. The number of hydrogen-bond acceptors (Lipinski definition) is 8. The van der Waals surface area contributed by atoms with E-state index in [4.69, 9.17) is 20.9 Å². The Hall–Kier alpha value is -3.63. The minimum absolute atomic E-state index is 0.0235. The number of aromatic nitrogens is 1. The average molecular weight is 536 g/mol. The van der Waals surface area contributed by atoms with Crippen LogP contribution in [0.3, 0.4) is 0 Å². The first-order valence-corrected chi connectivity index (χ1v) is 13.4. The number of rotatable bonds is 10. The molecule has 7 N–H and O–H groups in total. The monoisotopic (exact) mass is 535 g/mol. The summed E-state index contributed by atoms with van der Waals surface area (Å²) in [6, 6.07) is 9.10. The van der Waals surface area contributed by atoms with Crippen LogP contribution in [0.5, 0.6) is 11.5 Å². The maximum atomic E-state index is 12.9. The molecule has 2 saturated carbocycles. The van der Waals surface area contributed by atoms with Crippen molar-refractivity contribution < 1.29 is 24.2 Å². The summed E-state index contributed by atoms with van der Waals surface area (Å²) in [6.45, 7) is 5.29. The van der Waals surface area contributed by atoms with Crippen molar-refractivity contribution in [2.75, 3.05) is 19.7 Å². The topological polar surface area (TPSA) is 162 Å². The van der Waals surface area contributed by atoms with Crippen LogP contribution in [0.4, 0.5) is 0 Å². The van der Waals surface area contributed by atoms with Gasteiger partial charge in [0.25, 0.3) is 11.8 Å². The van der Waals surface area contributed by atoms with Crippen LogP contribution in [0.25, 0.3) is 5.57 Å². The van der Waals surface area contributed by atoms with E-state index >= 15 is 0 Å². The van der Waals surface area contributed by atoms with E-state index in [1.165, 1.54) is 12.4 Å². The van der Waals surface area contributed by atoms with E-state index in [0.717, 1.165) is 44.3 Å². The van der Waals surface area contributed by atoms with Gasteiger partial charge in [0.1, 0.15) is 18.1 Å². The van der Waals surface area contributed by atoms with E-state index in [1.54, 1.807) is 32.0 Å². The third-order valence-electron chi connectivity index (χ3n) is 7.85. The number of pyridine rings is 1. The fraction of sp³-hybridized carbons (Fsp3) is 0.483. The van der Waals surface area contributed by atoms with Crippen LogP contribution in [-0.2, 0) is 4.79 Å². The molecule has 2 heterocycles. The molecule has 1 aliphatic heterocycles. The van der Waals surface area contributed by atoms with E-state index < -0.39 is 11.5 Å². The highest BCUT2D eigenvalue weighted by atomic mass is 16.5. The highest BCUT2D eigenvalue weighted by Gasteiger charge is 2.54. The molecule has 1 aromatic carbocycles. The van der Waals surface area contributed by atoms with Crippen molar-refractivity contribution in [1.82, 2.24) is 15.6 Å². The third kappa shape index (κ3) is 6.02. The van der Waals surface area contributed by atoms with Gasteiger partial charge in [-0.2, -0.15) is 0 Å². The molecule has 1 spiro atoms. The van der Waals surface area contributed by atoms with Crippen molar-refractivity contribution in [3.8, 4) is 11.5 Å². The van der Waals surface area contributed by atoms with E-state index in [-0.39, 0.29) is 30.1 Å². The van der Waals surface area contributed by atoms with Gasteiger partial charge < -0.3 is 36.7 Å². The number of carbonyl (C=O) groups is 2. The summed E-state index contributed by atoms with van der Waals surface area (Å²) in [7, 11) is 0. The Kier molecular flexibility index (Phi) is 7.26. The van der Waals surface area contributed by atoms with Crippen LogP contribution in [0, 0.1) is 5.41 Å². The zero-order chi connectivity index (χ0) is 27.8. The van der Waals surface area contributed by atoms with Gasteiger partial charge in [-0.05, 0) is 74.8 Å². The lowest BCUT2D eigenvalue weighted by molar-refractivity contribution is -0.122. The number of nitrogens with two attached hydrogens (primary N) is 2. The first-order valence-electron chi connectivity index (χ1n) is 13.4. The van der Waals surface area contributed by atoms with E-state index in [1.807, 2.05) is 12.1 Å². The molecular formula is C29H37N5O5. The smallest absolute Gasteiger partial charge is 0.255 e. The molecule has 3 aliphatic rings. The lowest BCUT2D eigenvalue weighted by atomic mass is 9.53. The molecule has 1 aromatic heterocycles. The fourth-order valence-corrected chi connectivity index (χ4v) is 5.63. The SMILES string of the molecule is CC(C)(O)COc1ccc(C(=CN)C(=O)NC2CC3(C2)CC(Oc2cc(C4CNC4)ccc2C(N)=O)C3)nc1. The molecule has 208 valence electrons. The van der Waals surface area contributed by atoms with Crippen molar-refractivity contribution in [3.63, 3.8) is 0 Å². The number of nitrogens with one attached hydrogen (secondary N) is 2. The predicted molar refractivity (Wildman–Crippen MR) is 146 cm³/mol. The fourth-order valence-electron chi connectivity index (χ4n) is 5.63. The average Bonchev–Trinajstić information content (AvgIpc) is 2.79. The number of carbonyl (C=O) groups excluding carboxylic acids is 2. The molecule has 0 radical (unpaired) electrons. The van der Waals surface area contributed by atoms with E-state index in [2.05, 4.69) is 15.6 Å². The second kappa shape index (κ2) is 10.5. The first kappa shape index (κ1) is 27.0. The lowest BCUT2D eigenvalue weighted by Crippen LogP contribution is -2.58. The van der Waals surface area contributed by atoms with Crippen LogP contribution in [0.1, 0.15) is 67.1 Å². The Bertz CT molecular complexity index is 1250. The van der Waals surface area contributed by atoms with Crippen LogP contribution < -0.4 is 31.6 Å². The molecule has 1 saturated heterocycles. The van der Waals surface area contributed by atoms with Crippen LogP contribution in [0.2, 0.25) is 0 Å². The maximum absolute atomic E-state index is 12.9. The summed E-state index contributed by atoms with van der Waals surface area (Å²) in [5.74, 6) is 0.743. The second-order valence-corrected chi connectivity index (χ2v) is 11.8. The van der Waals surface area contributed by atoms with E-state index in [9.17, 15) is 14.7 Å². The Morgan fingerprint density at radius 2 is 1.95 bits per heavy atom. The molecule has 10 nitrogen and oxygen atoms in total. The van der Waals surface area contributed by atoms with Gasteiger partial charge in [-0.1, -0.05) is 6.07 Å². The number of hydrogen-bond donors (Lipinski definition) is 5. The van der Waals surface area contributed by atoms with Crippen molar-refractivity contribution >= 4 is 17.4 Å². The summed E-state index contributed by atoms with van der Waals surface area (Å²) < 4.78 is 11.8. The summed E-state index contributed by atoms with van der Waals surface area (Å²) >= 11 is 0. The minimum atomic E-state index is -0.960. The molecule has 2 amide bonds. The van der Waals surface area contributed by atoms with Crippen molar-refractivity contribution in [3.05, 3.63) is 59.5 Å². The number of amides is 2. The van der Waals surface area contributed by atoms with E-state index in [0.29, 0.717) is 34.2 Å². The number of primary amides is 1. The van der Waals surface area contributed by atoms with Crippen LogP contribution >= 0.6 is 0 Å². The summed E-state index contributed by atoms with van der Waals surface area (Å²) in [5.41, 5.74) is 12.9. The zero-order valence-corrected chi connectivity index (χ0v) is 22.4. The summed E-state index contributed by atoms with van der Waals surface area (Å²) in [6.07, 6.45) is 6.28. The molecule has 2 aromatic rings. The molecule has 0 atom stereocenters. The Labute approximate surface area is 228 Å². The molecule has 10 heteroatoms. The molecule has 5 rings (SSSR count). The number of aliphatic hydroxyl groups is 1. The highest BCUT2D eigenvalue weighted by Crippen LogP contribution is 2.57. The van der Waals surface area contributed by atoms with Gasteiger partial charge in [-0.25, -0.2) is 0 Å². The largest absolute Gasteiger partial charge is 0.490 e. The molecule has 3 fully saturated rings. The number of ether oxygens (including phenoxy) is 2. The standard InChI is InChI=1S/C29H37N5O5/c1-28(2,37)16-38-20-4-6-24(33-15-20)23(12-30)27(36)34-19-8-29(9-19)10-21(11-29)39-25-7-17(18-13-32-14-18)3-5-22(25)26(31)35/h3-7,12,15,18-19,21,32,37H,8-11,13-14,16,30H2,1-2H3,(H2,31,35)(H,34,36). The predicted octanol–water partition coefficient (Wildman–Crippen LogP) is 1.82. The van der Waals surface area contributed by atoms with Gasteiger partial charge in [-0.15, -0.1) is 0 Å². The van der Waals surface area contributed by atoms with Gasteiger partial charge in [0, 0.05) is 31.2 Å².